The number of carbonyl (C=O) groups excluding carboxylic acids is 1. The van der Waals surface area contributed by atoms with E-state index in [2.05, 4.69) is 11.9 Å². The van der Waals surface area contributed by atoms with Gasteiger partial charge in [0.2, 0.25) is 0 Å². The van der Waals surface area contributed by atoms with Crippen molar-refractivity contribution in [1.82, 2.24) is 4.98 Å². The molecule has 0 atom stereocenters. The molecular weight excluding hydrogens is 278 g/mol. The SMILES string of the molecule is CCc1cc(OC(C)=O)c2c(c1)OC(C)(C)c1ccncc1-2. The van der Waals surface area contributed by atoms with Crippen LogP contribution in [0.15, 0.2) is 30.6 Å². The van der Waals surface area contributed by atoms with Crippen molar-refractivity contribution in [3.8, 4) is 22.6 Å². The lowest BCUT2D eigenvalue weighted by atomic mass is 9.86. The Kier molecular flexibility index (Phi) is 3.39. The Bertz CT molecular complexity index is 750. The fourth-order valence-corrected chi connectivity index (χ4v) is 2.88. The van der Waals surface area contributed by atoms with Gasteiger partial charge < -0.3 is 9.47 Å². The van der Waals surface area contributed by atoms with Crippen molar-refractivity contribution in [2.45, 2.75) is 39.7 Å². The highest BCUT2D eigenvalue weighted by Gasteiger charge is 2.34. The van der Waals surface area contributed by atoms with E-state index in [0.29, 0.717) is 5.75 Å². The molecule has 0 spiro atoms. The molecule has 4 nitrogen and oxygen atoms in total. The van der Waals surface area contributed by atoms with E-state index in [0.717, 1.165) is 34.4 Å². The molecule has 1 aliphatic rings. The number of pyridine rings is 1. The number of ether oxygens (including phenoxy) is 2. The lowest BCUT2D eigenvalue weighted by Gasteiger charge is -2.35. The molecule has 0 unspecified atom stereocenters. The zero-order chi connectivity index (χ0) is 15.9. The molecule has 0 saturated heterocycles. The summed E-state index contributed by atoms with van der Waals surface area (Å²) < 4.78 is 11.6. The van der Waals surface area contributed by atoms with Crippen LogP contribution >= 0.6 is 0 Å². The lowest BCUT2D eigenvalue weighted by Crippen LogP contribution is -2.29. The first kappa shape index (κ1) is 14.6. The minimum Gasteiger partial charge on any atom is -0.482 e. The van der Waals surface area contributed by atoms with E-state index < -0.39 is 5.60 Å². The molecule has 0 saturated carbocycles. The minimum atomic E-state index is -0.453. The highest BCUT2D eigenvalue weighted by atomic mass is 16.5. The van der Waals surface area contributed by atoms with E-state index >= 15 is 0 Å². The maximum Gasteiger partial charge on any atom is 0.308 e. The number of hydrogen-bond donors (Lipinski definition) is 0. The number of aromatic nitrogens is 1. The normalized spacial score (nSPS) is 14.5. The first-order valence-corrected chi connectivity index (χ1v) is 7.41. The molecule has 0 fully saturated rings. The zero-order valence-corrected chi connectivity index (χ0v) is 13.3. The molecule has 0 N–H and O–H groups in total. The zero-order valence-electron chi connectivity index (χ0n) is 13.3. The third-order valence-electron chi connectivity index (χ3n) is 3.89. The third-order valence-corrected chi connectivity index (χ3v) is 3.89. The molecule has 3 rings (SSSR count). The average Bonchev–Trinajstić information content (AvgIpc) is 2.45. The molecule has 1 aromatic carbocycles. The van der Waals surface area contributed by atoms with Crippen LogP contribution in [0.2, 0.25) is 0 Å². The molecule has 1 aromatic heterocycles. The number of fused-ring (bicyclic) bond motifs is 3. The molecule has 0 aliphatic carbocycles. The number of aryl methyl sites for hydroxylation is 1. The Morgan fingerprint density at radius 2 is 2.14 bits per heavy atom. The van der Waals surface area contributed by atoms with Gasteiger partial charge >= 0.3 is 5.97 Å². The monoisotopic (exact) mass is 297 g/mol. The van der Waals surface area contributed by atoms with Crippen LogP contribution in [-0.2, 0) is 16.8 Å². The van der Waals surface area contributed by atoms with Crippen molar-refractivity contribution >= 4 is 5.97 Å². The van der Waals surface area contributed by atoms with Crippen molar-refractivity contribution in [3.05, 3.63) is 41.7 Å². The van der Waals surface area contributed by atoms with Crippen LogP contribution in [0, 0.1) is 0 Å². The van der Waals surface area contributed by atoms with Crippen molar-refractivity contribution in [2.75, 3.05) is 0 Å². The summed E-state index contributed by atoms with van der Waals surface area (Å²) in [7, 11) is 0. The highest BCUT2D eigenvalue weighted by molar-refractivity contribution is 5.84. The molecule has 0 amide bonds. The standard InChI is InChI=1S/C18H19NO3/c1-5-12-8-15(21-11(2)20)17-13-10-19-7-6-14(13)18(3,4)22-16(17)9-12/h6-10H,5H2,1-4H3. The molecule has 4 heteroatoms. The first-order valence-electron chi connectivity index (χ1n) is 7.41. The predicted octanol–water partition coefficient (Wildman–Crippen LogP) is 3.86. The van der Waals surface area contributed by atoms with Crippen LogP contribution in [0.1, 0.15) is 38.8 Å². The van der Waals surface area contributed by atoms with Crippen molar-refractivity contribution in [1.29, 1.82) is 0 Å². The molecule has 0 bridgehead atoms. The van der Waals surface area contributed by atoms with Gasteiger partial charge in [-0.05, 0) is 44.0 Å². The van der Waals surface area contributed by atoms with Crippen LogP contribution in [0.3, 0.4) is 0 Å². The lowest BCUT2D eigenvalue weighted by molar-refractivity contribution is -0.131. The summed E-state index contributed by atoms with van der Waals surface area (Å²) in [6.45, 7) is 7.52. The van der Waals surface area contributed by atoms with Crippen molar-refractivity contribution in [3.63, 3.8) is 0 Å². The molecule has 2 heterocycles. The van der Waals surface area contributed by atoms with Gasteiger partial charge in [-0.25, -0.2) is 0 Å². The maximum absolute atomic E-state index is 11.5. The van der Waals surface area contributed by atoms with Gasteiger partial charge in [0.1, 0.15) is 17.1 Å². The van der Waals surface area contributed by atoms with Gasteiger partial charge in [-0.2, -0.15) is 0 Å². The third kappa shape index (κ3) is 2.34. The maximum atomic E-state index is 11.5. The van der Waals surface area contributed by atoms with Gasteiger partial charge in [-0.3, -0.25) is 9.78 Å². The van der Waals surface area contributed by atoms with Gasteiger partial charge in [0.15, 0.2) is 0 Å². The molecule has 22 heavy (non-hydrogen) atoms. The summed E-state index contributed by atoms with van der Waals surface area (Å²) in [4.78, 5) is 15.7. The number of benzene rings is 1. The Morgan fingerprint density at radius 1 is 1.36 bits per heavy atom. The van der Waals surface area contributed by atoms with Gasteiger partial charge in [0, 0.05) is 30.4 Å². The van der Waals surface area contributed by atoms with Crippen molar-refractivity contribution in [2.24, 2.45) is 0 Å². The average molecular weight is 297 g/mol. The highest BCUT2D eigenvalue weighted by Crippen LogP contribution is 2.49. The summed E-state index contributed by atoms with van der Waals surface area (Å²) in [5, 5.41) is 0. The number of rotatable bonds is 2. The minimum absolute atomic E-state index is 0.342. The van der Waals surface area contributed by atoms with E-state index in [9.17, 15) is 4.79 Å². The van der Waals surface area contributed by atoms with Crippen LogP contribution in [0.25, 0.3) is 11.1 Å². The number of esters is 1. The van der Waals surface area contributed by atoms with Crippen LogP contribution in [0.5, 0.6) is 11.5 Å². The summed E-state index contributed by atoms with van der Waals surface area (Å²) in [6.07, 6.45) is 4.39. The van der Waals surface area contributed by atoms with Gasteiger partial charge in [-0.15, -0.1) is 0 Å². The quantitative estimate of drug-likeness (QED) is 0.624. The van der Waals surface area contributed by atoms with Gasteiger partial charge in [-0.1, -0.05) is 6.92 Å². The van der Waals surface area contributed by atoms with Gasteiger partial charge in [0.25, 0.3) is 0 Å². The second kappa shape index (κ2) is 5.13. The van der Waals surface area contributed by atoms with E-state index in [4.69, 9.17) is 9.47 Å². The van der Waals surface area contributed by atoms with E-state index in [-0.39, 0.29) is 5.97 Å². The van der Waals surface area contributed by atoms with Crippen LogP contribution < -0.4 is 9.47 Å². The Hall–Kier alpha value is -2.36. The smallest absolute Gasteiger partial charge is 0.308 e. The largest absolute Gasteiger partial charge is 0.482 e. The fourth-order valence-electron chi connectivity index (χ4n) is 2.88. The molecule has 1 aliphatic heterocycles. The first-order chi connectivity index (χ1) is 10.4. The van der Waals surface area contributed by atoms with E-state index in [1.807, 2.05) is 32.0 Å². The summed E-state index contributed by atoms with van der Waals surface area (Å²) in [6, 6.07) is 5.86. The van der Waals surface area contributed by atoms with Crippen LogP contribution in [-0.4, -0.2) is 11.0 Å². The van der Waals surface area contributed by atoms with Gasteiger partial charge in [0.05, 0.1) is 5.56 Å². The Balaban J connectivity index is 2.29. The van der Waals surface area contributed by atoms with Crippen molar-refractivity contribution < 1.29 is 14.3 Å². The fraction of sp³-hybridized carbons (Fsp3) is 0.333. The Morgan fingerprint density at radius 3 is 2.82 bits per heavy atom. The molecule has 0 radical (unpaired) electrons. The summed E-state index contributed by atoms with van der Waals surface area (Å²) in [5.41, 5.74) is 3.40. The second-order valence-corrected chi connectivity index (χ2v) is 5.95. The topological polar surface area (TPSA) is 48.4 Å². The molecular formula is C18H19NO3. The van der Waals surface area contributed by atoms with E-state index in [1.54, 1.807) is 12.4 Å². The predicted molar refractivity (Wildman–Crippen MR) is 84.0 cm³/mol. The number of hydrogen-bond acceptors (Lipinski definition) is 4. The van der Waals surface area contributed by atoms with E-state index in [1.165, 1.54) is 6.92 Å². The number of carbonyl (C=O) groups is 1. The molecule has 2 aromatic rings. The summed E-state index contributed by atoms with van der Waals surface area (Å²) >= 11 is 0. The second-order valence-electron chi connectivity index (χ2n) is 5.95. The van der Waals surface area contributed by atoms with Crippen LogP contribution in [0.4, 0.5) is 0 Å². The number of nitrogens with zero attached hydrogens (tertiary/aromatic N) is 1. The summed E-state index contributed by atoms with van der Waals surface area (Å²) in [5.74, 6) is 0.929. The molecule has 114 valence electrons. The Labute approximate surface area is 130 Å².